The molecule has 7 nitrogen and oxygen atoms in total. The molecule has 1 atom stereocenters. The molecule has 5 aromatic rings. The number of benzene rings is 2. The summed E-state index contributed by atoms with van der Waals surface area (Å²) in [6.07, 6.45) is 3.67. The van der Waals surface area contributed by atoms with Crippen molar-refractivity contribution in [2.24, 2.45) is 0 Å². The first-order chi connectivity index (χ1) is 16.0. The third kappa shape index (κ3) is 3.44. The molecule has 0 aliphatic rings. The Labute approximate surface area is 189 Å². The number of anilines is 1. The summed E-state index contributed by atoms with van der Waals surface area (Å²) in [6, 6.07) is 12.1. The predicted octanol–water partition coefficient (Wildman–Crippen LogP) is 4.98. The number of hydrogen-bond donors (Lipinski definition) is 2. The van der Waals surface area contributed by atoms with Gasteiger partial charge in [0.15, 0.2) is 11.5 Å². The maximum Gasteiger partial charge on any atom is 0.266 e. The first-order valence-electron chi connectivity index (χ1n) is 10.8. The number of aromatic amines is 1. The average Bonchev–Trinajstić information content (AvgIpc) is 3.29. The van der Waals surface area contributed by atoms with Gasteiger partial charge in [0.1, 0.15) is 17.7 Å². The Morgan fingerprint density at radius 3 is 2.76 bits per heavy atom. The van der Waals surface area contributed by atoms with E-state index in [1.807, 2.05) is 45.0 Å². The van der Waals surface area contributed by atoms with Crippen LogP contribution in [0.1, 0.15) is 36.2 Å². The first-order valence-corrected chi connectivity index (χ1v) is 10.8. The maximum atomic E-state index is 14.8. The van der Waals surface area contributed by atoms with Gasteiger partial charge in [0.2, 0.25) is 0 Å². The van der Waals surface area contributed by atoms with E-state index in [9.17, 15) is 9.18 Å². The summed E-state index contributed by atoms with van der Waals surface area (Å²) >= 11 is 0. The quantitative estimate of drug-likeness (QED) is 0.401. The van der Waals surface area contributed by atoms with E-state index in [4.69, 9.17) is 0 Å². The van der Waals surface area contributed by atoms with Crippen LogP contribution in [0.5, 0.6) is 0 Å². The highest BCUT2D eigenvalue weighted by atomic mass is 19.1. The monoisotopic (exact) mass is 442 g/mol. The fourth-order valence-corrected chi connectivity index (χ4v) is 4.25. The lowest BCUT2D eigenvalue weighted by atomic mass is 10.0. The second-order valence-electron chi connectivity index (χ2n) is 8.06. The second-order valence-corrected chi connectivity index (χ2v) is 8.06. The molecule has 0 spiro atoms. The van der Waals surface area contributed by atoms with Crippen molar-refractivity contribution in [3.8, 4) is 5.69 Å². The minimum atomic E-state index is -0.529. The second kappa shape index (κ2) is 8.12. The zero-order chi connectivity index (χ0) is 23.1. The molecule has 0 fully saturated rings. The molecule has 5 rings (SSSR count). The van der Waals surface area contributed by atoms with Crippen molar-refractivity contribution in [3.05, 3.63) is 88.1 Å². The summed E-state index contributed by atoms with van der Waals surface area (Å²) in [5.41, 5.74) is 4.32. The zero-order valence-electron chi connectivity index (χ0n) is 18.6. The van der Waals surface area contributed by atoms with E-state index in [2.05, 4.69) is 25.3 Å². The number of fused-ring (bicyclic) bond motifs is 2. The standard InChI is InChI=1S/C25H23FN6O/c1-4-18(31-24-22-23(28-12-27-22)29-13-30-24)20-11-16-8-6-9-17(26)21(16)25(33)32(20)19-10-5-7-14(2)15(19)3/h5-13,18H,4H2,1-3H3,(H2,27,28,29,30,31)/t18-/m1/s1. The van der Waals surface area contributed by atoms with E-state index in [0.717, 1.165) is 22.5 Å². The molecule has 0 saturated carbocycles. The summed E-state index contributed by atoms with van der Waals surface area (Å²) in [7, 11) is 0. The fraction of sp³-hybridized carbons (Fsp3) is 0.200. The Bertz CT molecular complexity index is 1550. The highest BCUT2D eigenvalue weighted by molar-refractivity contribution is 5.84. The lowest BCUT2D eigenvalue weighted by Crippen LogP contribution is -2.27. The van der Waals surface area contributed by atoms with E-state index < -0.39 is 5.82 Å². The molecule has 8 heteroatoms. The van der Waals surface area contributed by atoms with Gasteiger partial charge < -0.3 is 10.3 Å². The summed E-state index contributed by atoms with van der Waals surface area (Å²) in [4.78, 5) is 29.5. The van der Waals surface area contributed by atoms with Crippen LogP contribution >= 0.6 is 0 Å². The number of halogens is 1. The van der Waals surface area contributed by atoms with Crippen molar-refractivity contribution in [3.63, 3.8) is 0 Å². The number of H-pyrrole nitrogens is 1. The van der Waals surface area contributed by atoms with Crippen molar-refractivity contribution in [1.82, 2.24) is 24.5 Å². The lowest BCUT2D eigenvalue weighted by Gasteiger charge is -2.24. The number of pyridine rings is 1. The summed E-state index contributed by atoms with van der Waals surface area (Å²) in [6.45, 7) is 5.99. The van der Waals surface area contributed by atoms with Crippen molar-refractivity contribution in [2.45, 2.75) is 33.2 Å². The predicted molar refractivity (Wildman–Crippen MR) is 127 cm³/mol. The third-order valence-corrected chi connectivity index (χ3v) is 6.14. The van der Waals surface area contributed by atoms with Gasteiger partial charge in [0.05, 0.1) is 23.4 Å². The van der Waals surface area contributed by atoms with Crippen LogP contribution in [0.15, 0.2) is 59.9 Å². The van der Waals surface area contributed by atoms with Gasteiger partial charge in [-0.25, -0.2) is 19.3 Å². The topological polar surface area (TPSA) is 88.5 Å². The number of aryl methyl sites for hydroxylation is 1. The van der Waals surface area contributed by atoms with Crippen LogP contribution in [0.25, 0.3) is 27.6 Å². The van der Waals surface area contributed by atoms with Crippen molar-refractivity contribution in [2.75, 3.05) is 5.32 Å². The number of aromatic nitrogens is 5. The van der Waals surface area contributed by atoms with Gasteiger partial charge in [-0.2, -0.15) is 0 Å². The summed E-state index contributed by atoms with van der Waals surface area (Å²) < 4.78 is 16.4. The van der Waals surface area contributed by atoms with Gasteiger partial charge in [-0.15, -0.1) is 0 Å². The van der Waals surface area contributed by atoms with E-state index in [-0.39, 0.29) is 17.0 Å². The summed E-state index contributed by atoms with van der Waals surface area (Å²) in [5.74, 6) is 0.0581. The SMILES string of the molecule is CC[C@@H](Nc1ncnc2nc[nH]c12)c1cc2cccc(F)c2c(=O)n1-c1cccc(C)c1C. The van der Waals surface area contributed by atoms with Gasteiger partial charge in [0, 0.05) is 5.69 Å². The van der Waals surface area contributed by atoms with E-state index in [1.54, 1.807) is 23.0 Å². The van der Waals surface area contributed by atoms with Crippen LogP contribution in [0, 0.1) is 19.7 Å². The molecule has 0 amide bonds. The Kier molecular flexibility index (Phi) is 5.12. The van der Waals surface area contributed by atoms with Crippen molar-refractivity contribution in [1.29, 1.82) is 0 Å². The van der Waals surface area contributed by atoms with Crippen LogP contribution in [0.4, 0.5) is 10.2 Å². The Balaban J connectivity index is 1.78. The van der Waals surface area contributed by atoms with Gasteiger partial charge in [-0.1, -0.05) is 31.2 Å². The normalized spacial score (nSPS) is 12.4. The molecule has 0 unspecified atom stereocenters. The van der Waals surface area contributed by atoms with Crippen LogP contribution in [0.2, 0.25) is 0 Å². The van der Waals surface area contributed by atoms with Gasteiger partial charge in [0.25, 0.3) is 5.56 Å². The van der Waals surface area contributed by atoms with E-state index in [0.29, 0.717) is 28.8 Å². The molecule has 0 saturated heterocycles. The van der Waals surface area contributed by atoms with E-state index in [1.165, 1.54) is 12.4 Å². The van der Waals surface area contributed by atoms with Crippen molar-refractivity contribution >= 4 is 27.8 Å². The highest BCUT2D eigenvalue weighted by Gasteiger charge is 2.22. The maximum absolute atomic E-state index is 14.8. The Hall–Kier alpha value is -4.07. The van der Waals surface area contributed by atoms with Crippen LogP contribution in [-0.2, 0) is 0 Å². The molecule has 2 N–H and O–H groups in total. The van der Waals surface area contributed by atoms with Gasteiger partial charge in [-0.05, 0) is 55.0 Å². The summed E-state index contributed by atoms with van der Waals surface area (Å²) in [5, 5.41) is 4.09. The molecule has 2 aromatic carbocycles. The Morgan fingerprint density at radius 2 is 1.94 bits per heavy atom. The minimum absolute atomic E-state index is 0.0787. The Morgan fingerprint density at radius 1 is 1.12 bits per heavy atom. The number of rotatable bonds is 5. The molecule has 3 aromatic heterocycles. The molecule has 0 aliphatic carbocycles. The van der Waals surface area contributed by atoms with E-state index >= 15 is 0 Å². The van der Waals surface area contributed by atoms with Gasteiger partial charge in [-0.3, -0.25) is 9.36 Å². The van der Waals surface area contributed by atoms with Crippen LogP contribution < -0.4 is 10.9 Å². The number of hydrogen-bond acceptors (Lipinski definition) is 5. The first kappa shape index (κ1) is 20.8. The van der Waals surface area contributed by atoms with Crippen molar-refractivity contribution < 1.29 is 4.39 Å². The molecule has 33 heavy (non-hydrogen) atoms. The molecule has 166 valence electrons. The largest absolute Gasteiger partial charge is 0.360 e. The zero-order valence-corrected chi connectivity index (χ0v) is 18.6. The smallest absolute Gasteiger partial charge is 0.266 e. The third-order valence-electron chi connectivity index (χ3n) is 6.14. The fourth-order valence-electron chi connectivity index (χ4n) is 4.25. The van der Waals surface area contributed by atoms with Gasteiger partial charge >= 0.3 is 0 Å². The average molecular weight is 442 g/mol. The highest BCUT2D eigenvalue weighted by Crippen LogP contribution is 2.29. The molecular formula is C25H23FN6O. The molecule has 3 heterocycles. The number of nitrogens with one attached hydrogen (secondary N) is 2. The molecular weight excluding hydrogens is 419 g/mol. The van der Waals surface area contributed by atoms with Crippen LogP contribution in [0.3, 0.4) is 0 Å². The number of nitrogens with zero attached hydrogens (tertiary/aromatic N) is 4. The molecule has 0 aliphatic heterocycles. The van der Waals surface area contributed by atoms with Crippen LogP contribution in [-0.4, -0.2) is 24.5 Å². The lowest BCUT2D eigenvalue weighted by molar-refractivity contribution is 0.635. The number of imidazole rings is 1. The molecule has 0 radical (unpaired) electrons. The minimum Gasteiger partial charge on any atom is -0.360 e. The molecule has 0 bridgehead atoms.